The Morgan fingerprint density at radius 1 is 1.31 bits per heavy atom. The molecule has 1 saturated carbocycles. The van der Waals surface area contributed by atoms with Crippen LogP contribution < -0.4 is 0 Å². The van der Waals surface area contributed by atoms with E-state index in [1.165, 1.54) is 31.3 Å². The van der Waals surface area contributed by atoms with Gasteiger partial charge in [0.05, 0.1) is 0 Å². The largest absolute Gasteiger partial charge is 0.100 e. The van der Waals surface area contributed by atoms with Gasteiger partial charge in [0.25, 0.3) is 0 Å². The Hall–Kier alpha value is -0.260. The lowest BCUT2D eigenvalue weighted by Crippen LogP contribution is -2.16. The summed E-state index contributed by atoms with van der Waals surface area (Å²) < 4.78 is 0. The van der Waals surface area contributed by atoms with Crippen LogP contribution in [0.1, 0.15) is 53.4 Å². The monoisotopic (exact) mass is 180 g/mol. The van der Waals surface area contributed by atoms with E-state index in [0.29, 0.717) is 5.41 Å². The molecule has 0 nitrogen and oxygen atoms in total. The van der Waals surface area contributed by atoms with Crippen molar-refractivity contribution < 1.29 is 0 Å². The van der Waals surface area contributed by atoms with E-state index in [-0.39, 0.29) is 0 Å². The molecule has 0 saturated heterocycles. The minimum Gasteiger partial charge on any atom is -0.100 e. The van der Waals surface area contributed by atoms with Crippen molar-refractivity contribution in [2.24, 2.45) is 17.3 Å². The first-order chi connectivity index (χ1) is 5.99. The smallest absolute Gasteiger partial charge is 0.0258 e. The summed E-state index contributed by atoms with van der Waals surface area (Å²) in [5, 5.41) is 0. The minimum absolute atomic E-state index is 0.602. The topological polar surface area (TPSA) is 0 Å². The lowest BCUT2D eigenvalue weighted by molar-refractivity contribution is 0.268. The van der Waals surface area contributed by atoms with Crippen molar-refractivity contribution in [2.75, 3.05) is 0 Å². The second-order valence-corrected chi connectivity index (χ2v) is 5.35. The highest BCUT2D eigenvalue weighted by atomic mass is 14.4. The predicted molar refractivity (Wildman–Crippen MR) is 59.7 cm³/mol. The van der Waals surface area contributed by atoms with Gasteiger partial charge < -0.3 is 0 Å². The van der Waals surface area contributed by atoms with E-state index in [1.54, 1.807) is 0 Å². The second kappa shape index (κ2) is 3.86. The normalized spacial score (nSPS) is 39.4. The molecule has 1 aliphatic carbocycles. The fraction of sp³-hybridized carbons (Fsp3) is 0.846. The quantitative estimate of drug-likeness (QED) is 0.564. The van der Waals surface area contributed by atoms with Gasteiger partial charge in [0.1, 0.15) is 0 Å². The molecule has 1 rings (SSSR count). The van der Waals surface area contributed by atoms with Gasteiger partial charge in [0.2, 0.25) is 0 Å². The highest BCUT2D eigenvalue weighted by molar-refractivity contribution is 5.00. The van der Waals surface area contributed by atoms with Crippen LogP contribution in [0.2, 0.25) is 0 Å². The molecule has 1 aliphatic rings. The van der Waals surface area contributed by atoms with Crippen LogP contribution in [0.15, 0.2) is 12.2 Å². The van der Waals surface area contributed by atoms with Crippen LogP contribution >= 0.6 is 0 Å². The van der Waals surface area contributed by atoms with Crippen LogP contribution in [0.5, 0.6) is 0 Å². The maximum atomic E-state index is 4.06. The summed E-state index contributed by atoms with van der Waals surface area (Å²) in [5.74, 6) is 1.83. The average molecular weight is 180 g/mol. The zero-order chi connectivity index (χ0) is 10.1. The second-order valence-electron chi connectivity index (χ2n) is 5.35. The number of hydrogen-bond donors (Lipinski definition) is 0. The van der Waals surface area contributed by atoms with Gasteiger partial charge in [-0.2, -0.15) is 0 Å². The van der Waals surface area contributed by atoms with Crippen LogP contribution in [-0.2, 0) is 0 Å². The lowest BCUT2D eigenvalue weighted by atomic mass is 9.77. The molecule has 0 aromatic carbocycles. The van der Waals surface area contributed by atoms with Crippen molar-refractivity contribution in [3.8, 4) is 0 Å². The van der Waals surface area contributed by atoms with Crippen molar-refractivity contribution in [1.29, 1.82) is 0 Å². The Balaban J connectivity index is 2.67. The third kappa shape index (κ3) is 2.36. The first-order valence-corrected chi connectivity index (χ1v) is 5.63. The molecule has 0 N–H and O–H groups in total. The van der Waals surface area contributed by atoms with Crippen molar-refractivity contribution in [2.45, 2.75) is 53.4 Å². The first kappa shape index (κ1) is 10.8. The maximum Gasteiger partial charge on any atom is -0.0258 e. The molecule has 0 heteroatoms. The average Bonchev–Trinajstić information content (AvgIpc) is 2.27. The summed E-state index contributed by atoms with van der Waals surface area (Å²) in [7, 11) is 0. The molecule has 0 aromatic heterocycles. The molecular formula is C13H24. The summed E-state index contributed by atoms with van der Waals surface area (Å²) in [6.45, 7) is 13.4. The SMILES string of the molecule is C=C(C)CC1(CC)CC(C)C(C)C1. The molecule has 0 aromatic rings. The van der Waals surface area contributed by atoms with E-state index in [0.717, 1.165) is 11.8 Å². The third-order valence-corrected chi connectivity index (χ3v) is 3.91. The maximum absolute atomic E-state index is 4.06. The van der Waals surface area contributed by atoms with E-state index in [9.17, 15) is 0 Å². The summed E-state index contributed by atoms with van der Waals surface area (Å²) in [6.07, 6.45) is 5.40. The van der Waals surface area contributed by atoms with Gasteiger partial charge in [0, 0.05) is 0 Å². The third-order valence-electron chi connectivity index (χ3n) is 3.91. The fourth-order valence-corrected chi connectivity index (χ4v) is 3.05. The molecule has 2 unspecified atom stereocenters. The standard InChI is InChI=1S/C13H24/c1-6-13(7-10(2)3)8-11(4)12(5)9-13/h11-12H,2,6-9H2,1,3-5H3. The van der Waals surface area contributed by atoms with Gasteiger partial charge >= 0.3 is 0 Å². The Morgan fingerprint density at radius 2 is 1.77 bits per heavy atom. The van der Waals surface area contributed by atoms with Gasteiger partial charge in [-0.3, -0.25) is 0 Å². The molecule has 1 fully saturated rings. The van der Waals surface area contributed by atoms with E-state index in [1.807, 2.05) is 0 Å². The zero-order valence-corrected chi connectivity index (χ0v) is 9.69. The van der Waals surface area contributed by atoms with Crippen molar-refractivity contribution in [1.82, 2.24) is 0 Å². The van der Waals surface area contributed by atoms with Gasteiger partial charge in [-0.1, -0.05) is 32.8 Å². The van der Waals surface area contributed by atoms with Gasteiger partial charge in [-0.15, -0.1) is 6.58 Å². The molecule has 2 atom stereocenters. The molecular weight excluding hydrogens is 156 g/mol. The zero-order valence-electron chi connectivity index (χ0n) is 9.69. The van der Waals surface area contributed by atoms with Gasteiger partial charge in [-0.25, -0.2) is 0 Å². The van der Waals surface area contributed by atoms with E-state index >= 15 is 0 Å². The molecule has 0 bridgehead atoms. The summed E-state index contributed by atoms with van der Waals surface area (Å²) in [4.78, 5) is 0. The first-order valence-electron chi connectivity index (χ1n) is 5.63. The molecule has 13 heavy (non-hydrogen) atoms. The van der Waals surface area contributed by atoms with Crippen LogP contribution in [0.3, 0.4) is 0 Å². The highest BCUT2D eigenvalue weighted by Crippen LogP contribution is 2.50. The Bertz CT molecular complexity index is 180. The van der Waals surface area contributed by atoms with Gasteiger partial charge in [0.15, 0.2) is 0 Å². The molecule has 0 aliphatic heterocycles. The van der Waals surface area contributed by atoms with Crippen LogP contribution in [0.25, 0.3) is 0 Å². The highest BCUT2D eigenvalue weighted by Gasteiger charge is 2.39. The lowest BCUT2D eigenvalue weighted by Gasteiger charge is -2.28. The fourth-order valence-electron chi connectivity index (χ4n) is 3.05. The molecule has 76 valence electrons. The summed E-state index contributed by atoms with van der Waals surface area (Å²) >= 11 is 0. The van der Waals surface area contributed by atoms with E-state index in [2.05, 4.69) is 34.3 Å². The van der Waals surface area contributed by atoms with E-state index in [4.69, 9.17) is 0 Å². The van der Waals surface area contributed by atoms with Crippen molar-refractivity contribution >= 4 is 0 Å². The molecule has 0 amide bonds. The Morgan fingerprint density at radius 3 is 2.08 bits per heavy atom. The molecule has 0 radical (unpaired) electrons. The van der Waals surface area contributed by atoms with Gasteiger partial charge in [-0.05, 0) is 43.4 Å². The molecule has 0 heterocycles. The number of allylic oxidation sites excluding steroid dienone is 1. The number of hydrogen-bond acceptors (Lipinski definition) is 0. The Kier molecular flexibility index (Phi) is 3.21. The number of rotatable bonds is 3. The van der Waals surface area contributed by atoms with Crippen molar-refractivity contribution in [3.63, 3.8) is 0 Å². The van der Waals surface area contributed by atoms with Crippen molar-refractivity contribution in [3.05, 3.63) is 12.2 Å². The summed E-state index contributed by atoms with van der Waals surface area (Å²) in [6, 6.07) is 0. The van der Waals surface area contributed by atoms with Crippen LogP contribution in [-0.4, -0.2) is 0 Å². The van der Waals surface area contributed by atoms with Crippen LogP contribution in [0, 0.1) is 17.3 Å². The molecule has 0 spiro atoms. The Labute approximate surface area is 83.4 Å². The minimum atomic E-state index is 0.602. The summed E-state index contributed by atoms with van der Waals surface area (Å²) in [5.41, 5.74) is 1.97. The van der Waals surface area contributed by atoms with E-state index < -0.39 is 0 Å². The van der Waals surface area contributed by atoms with Crippen LogP contribution in [0.4, 0.5) is 0 Å². The predicted octanol–water partition coefficient (Wildman–Crippen LogP) is 4.42.